The maximum absolute atomic E-state index is 12.4. The highest BCUT2D eigenvalue weighted by Crippen LogP contribution is 2.19. The second kappa shape index (κ2) is 8.62. The third kappa shape index (κ3) is 4.47. The lowest BCUT2D eigenvalue weighted by atomic mass is 10.1. The highest BCUT2D eigenvalue weighted by Gasteiger charge is 2.13. The van der Waals surface area contributed by atoms with Gasteiger partial charge in [-0.05, 0) is 23.8 Å². The summed E-state index contributed by atoms with van der Waals surface area (Å²) >= 11 is 0. The zero-order valence-corrected chi connectivity index (χ0v) is 16.0. The molecule has 1 aliphatic rings. The number of carbonyl (C=O) groups is 1. The fourth-order valence-corrected chi connectivity index (χ4v) is 3.16. The topological polar surface area (TPSA) is 82.3 Å². The van der Waals surface area contributed by atoms with Gasteiger partial charge in [0.15, 0.2) is 0 Å². The lowest BCUT2D eigenvalue weighted by Crippen LogP contribution is -2.36. The molecule has 148 valence electrons. The molecule has 0 spiro atoms. The van der Waals surface area contributed by atoms with E-state index in [1.54, 1.807) is 6.07 Å². The van der Waals surface area contributed by atoms with Gasteiger partial charge < -0.3 is 9.64 Å². The highest BCUT2D eigenvalue weighted by atomic mass is 16.5. The number of ether oxygens (including phenoxy) is 1. The predicted molar refractivity (Wildman–Crippen MR) is 113 cm³/mol. The normalized spacial score (nSPS) is 13.7. The molecule has 0 aliphatic carbocycles. The maximum atomic E-state index is 12.4. The summed E-state index contributed by atoms with van der Waals surface area (Å²) < 4.78 is 5.39. The van der Waals surface area contributed by atoms with E-state index < -0.39 is 0 Å². The number of anilines is 1. The molecule has 4 rings (SSSR count). The number of hydrogen-bond acceptors (Lipinski definition) is 5. The van der Waals surface area contributed by atoms with Crippen molar-refractivity contribution in [3.63, 3.8) is 0 Å². The molecular weight excluding hydrogens is 366 g/mol. The predicted octanol–water partition coefficient (Wildman–Crippen LogP) is 2.82. The average molecular weight is 389 g/mol. The van der Waals surface area contributed by atoms with Gasteiger partial charge in [0.2, 0.25) is 0 Å². The Morgan fingerprint density at radius 3 is 2.48 bits per heavy atom. The van der Waals surface area contributed by atoms with Crippen LogP contribution < -0.4 is 15.8 Å². The molecule has 0 bridgehead atoms. The molecule has 0 unspecified atom stereocenters. The first-order valence-electron chi connectivity index (χ1n) is 9.50. The number of nitrogens with one attached hydrogen (secondary N) is 3. The number of rotatable bonds is 6. The van der Waals surface area contributed by atoms with E-state index in [2.05, 4.69) is 44.7 Å². The van der Waals surface area contributed by atoms with E-state index >= 15 is 0 Å². The molecule has 0 saturated carbocycles. The Hall–Kier alpha value is -3.58. The number of hydrogen-bond donors (Lipinski definition) is 3. The van der Waals surface area contributed by atoms with Crippen molar-refractivity contribution in [1.29, 1.82) is 0 Å². The molecule has 0 radical (unpaired) electrons. The van der Waals surface area contributed by atoms with E-state index in [9.17, 15) is 4.79 Å². The van der Waals surface area contributed by atoms with Gasteiger partial charge in [0.25, 0.3) is 5.91 Å². The van der Waals surface area contributed by atoms with Gasteiger partial charge in [-0.3, -0.25) is 20.7 Å². The first kappa shape index (κ1) is 18.8. The van der Waals surface area contributed by atoms with Gasteiger partial charge in [-0.25, -0.2) is 0 Å². The van der Waals surface area contributed by atoms with Crippen LogP contribution in [0.3, 0.4) is 0 Å². The van der Waals surface area contributed by atoms with Gasteiger partial charge in [-0.2, -0.15) is 5.10 Å². The Morgan fingerprint density at radius 2 is 1.76 bits per heavy atom. The van der Waals surface area contributed by atoms with Crippen LogP contribution in [0.4, 0.5) is 5.69 Å². The molecule has 7 nitrogen and oxygen atoms in total. The first-order valence-corrected chi connectivity index (χ1v) is 9.50. The molecule has 1 aliphatic heterocycles. The van der Waals surface area contributed by atoms with Crippen LogP contribution in [0.15, 0.2) is 67.2 Å². The van der Waals surface area contributed by atoms with Crippen LogP contribution >= 0.6 is 0 Å². The molecule has 29 heavy (non-hydrogen) atoms. The van der Waals surface area contributed by atoms with Gasteiger partial charge >= 0.3 is 0 Å². The van der Waals surface area contributed by atoms with E-state index in [-0.39, 0.29) is 5.91 Å². The van der Waals surface area contributed by atoms with Crippen LogP contribution in [0.5, 0.6) is 0 Å². The lowest BCUT2D eigenvalue weighted by Gasteiger charge is -2.29. The highest BCUT2D eigenvalue weighted by molar-refractivity contribution is 5.93. The van der Waals surface area contributed by atoms with Crippen molar-refractivity contribution in [2.24, 2.45) is 0 Å². The molecule has 1 saturated heterocycles. The molecule has 2 heterocycles. The van der Waals surface area contributed by atoms with Crippen LogP contribution in [-0.4, -0.2) is 42.4 Å². The Balaban J connectivity index is 1.33. The van der Waals surface area contributed by atoms with Crippen molar-refractivity contribution in [3.05, 3.63) is 78.5 Å². The van der Waals surface area contributed by atoms with Gasteiger partial charge in [0.05, 0.1) is 24.6 Å². The number of hydrazine groups is 1. The second-order valence-electron chi connectivity index (χ2n) is 6.74. The number of aromatic amines is 1. The van der Waals surface area contributed by atoms with E-state index in [1.165, 1.54) is 0 Å². The second-order valence-corrected chi connectivity index (χ2v) is 6.74. The minimum atomic E-state index is -0.314. The summed E-state index contributed by atoms with van der Waals surface area (Å²) in [4.78, 5) is 14.7. The van der Waals surface area contributed by atoms with Crippen molar-refractivity contribution in [3.8, 4) is 11.3 Å². The van der Waals surface area contributed by atoms with Crippen molar-refractivity contribution in [1.82, 2.24) is 21.0 Å². The van der Waals surface area contributed by atoms with Crippen molar-refractivity contribution in [2.45, 2.75) is 0 Å². The van der Waals surface area contributed by atoms with Crippen LogP contribution in [0.1, 0.15) is 16.1 Å². The van der Waals surface area contributed by atoms with Crippen LogP contribution in [0.2, 0.25) is 0 Å². The van der Waals surface area contributed by atoms with Gasteiger partial charge in [-0.15, -0.1) is 0 Å². The summed E-state index contributed by atoms with van der Waals surface area (Å²) in [5, 5.41) is 6.96. The van der Waals surface area contributed by atoms with E-state index in [4.69, 9.17) is 4.74 Å². The third-order valence-corrected chi connectivity index (χ3v) is 4.81. The molecule has 7 heteroatoms. The number of morpholine rings is 1. The molecule has 1 aromatic heterocycles. The number of nitrogens with zero attached hydrogens (tertiary/aromatic N) is 2. The smallest absolute Gasteiger partial charge is 0.287 e. The number of H-pyrrole nitrogens is 1. The average Bonchev–Trinajstić information content (AvgIpc) is 3.29. The zero-order valence-electron chi connectivity index (χ0n) is 16.0. The van der Waals surface area contributed by atoms with E-state index in [1.807, 2.05) is 42.5 Å². The molecule has 1 amide bonds. The van der Waals surface area contributed by atoms with Crippen LogP contribution in [-0.2, 0) is 4.74 Å². The van der Waals surface area contributed by atoms with Gasteiger partial charge in [0, 0.05) is 24.3 Å². The standard InChI is InChI=1S/C22H23N5O2/c1-16(17-7-9-19(10-8-17)27-11-13-29-14-12-27)23-26-22(28)21-15-20(24-25-21)18-5-3-2-4-6-18/h2-10,15,23H,1,11-14H2,(H,24,25)(H,26,28). The fourth-order valence-electron chi connectivity index (χ4n) is 3.16. The fraction of sp³-hybridized carbons (Fsp3) is 0.182. The third-order valence-electron chi connectivity index (χ3n) is 4.81. The number of amides is 1. The van der Waals surface area contributed by atoms with Crippen molar-refractivity contribution >= 4 is 17.3 Å². The summed E-state index contributed by atoms with van der Waals surface area (Å²) in [6.45, 7) is 7.29. The Bertz CT molecular complexity index is 976. The van der Waals surface area contributed by atoms with Gasteiger partial charge in [0.1, 0.15) is 5.69 Å². The van der Waals surface area contributed by atoms with E-state index in [0.717, 1.165) is 43.1 Å². The van der Waals surface area contributed by atoms with Crippen LogP contribution in [0, 0.1) is 0 Å². The molecule has 3 N–H and O–H groups in total. The number of aromatic nitrogens is 2. The molecule has 0 atom stereocenters. The Kier molecular flexibility index (Phi) is 5.58. The van der Waals surface area contributed by atoms with Gasteiger partial charge in [-0.1, -0.05) is 49.0 Å². The quantitative estimate of drug-likeness (QED) is 0.565. The summed E-state index contributed by atoms with van der Waals surface area (Å²) in [7, 11) is 0. The minimum absolute atomic E-state index is 0.314. The molecule has 3 aromatic rings. The summed E-state index contributed by atoms with van der Waals surface area (Å²) in [6, 6.07) is 19.5. The van der Waals surface area contributed by atoms with Crippen molar-refractivity contribution < 1.29 is 9.53 Å². The van der Waals surface area contributed by atoms with Crippen LogP contribution in [0.25, 0.3) is 17.0 Å². The molecular formula is C22H23N5O2. The molecule has 2 aromatic carbocycles. The maximum Gasteiger partial charge on any atom is 0.287 e. The van der Waals surface area contributed by atoms with Crippen molar-refractivity contribution in [2.75, 3.05) is 31.2 Å². The zero-order chi connectivity index (χ0) is 20.1. The summed E-state index contributed by atoms with van der Waals surface area (Å²) in [6.07, 6.45) is 0. The Labute approximate surface area is 169 Å². The first-order chi connectivity index (χ1) is 14.2. The largest absolute Gasteiger partial charge is 0.378 e. The number of carbonyl (C=O) groups excluding carboxylic acids is 1. The molecule has 1 fully saturated rings. The monoisotopic (exact) mass is 389 g/mol. The van der Waals surface area contributed by atoms with E-state index in [0.29, 0.717) is 17.1 Å². The summed E-state index contributed by atoms with van der Waals surface area (Å²) in [5.41, 5.74) is 10.2. The number of benzene rings is 2. The Morgan fingerprint density at radius 1 is 1.03 bits per heavy atom. The minimum Gasteiger partial charge on any atom is -0.378 e. The lowest BCUT2D eigenvalue weighted by molar-refractivity contribution is 0.0937. The SMILES string of the molecule is C=C(NNC(=O)c1cc(-c2ccccc2)n[nH]1)c1ccc(N2CCOCC2)cc1. The summed E-state index contributed by atoms with van der Waals surface area (Å²) in [5.74, 6) is -0.314.